The average Bonchev–Trinajstić information content (AvgIpc) is 3.04. The Labute approximate surface area is 189 Å². The van der Waals surface area contributed by atoms with Crippen molar-refractivity contribution in [3.8, 4) is 0 Å². The Morgan fingerprint density at radius 1 is 0.906 bits per heavy atom. The Kier molecular flexibility index (Phi) is 5.43. The standard InChI is InChI=1S/C27H29N3O2/c1-27(24-13-7-11-22-10-5-6-12-23(22)24)25(31)30(26(32)28-27)19-29-16-14-21(15-17-29)18-20-8-3-2-4-9-20/h2-13,21H,14-19H2,1H3,(H,28,32)/t27-/m0/s1. The molecule has 1 N–H and O–H groups in total. The second-order valence-electron chi connectivity index (χ2n) is 9.21. The van der Waals surface area contributed by atoms with Crippen LogP contribution in [-0.2, 0) is 16.8 Å². The normalized spacial score (nSPS) is 22.5. The monoisotopic (exact) mass is 427 g/mol. The van der Waals surface area contributed by atoms with Crippen molar-refractivity contribution in [1.29, 1.82) is 0 Å². The van der Waals surface area contributed by atoms with Crippen molar-refractivity contribution in [2.45, 2.75) is 31.7 Å². The first kappa shape index (κ1) is 20.7. The molecule has 0 bridgehead atoms. The van der Waals surface area contributed by atoms with E-state index in [1.165, 1.54) is 10.5 Å². The van der Waals surface area contributed by atoms with E-state index in [0.717, 1.165) is 48.7 Å². The van der Waals surface area contributed by atoms with Gasteiger partial charge in [0, 0.05) is 13.1 Å². The lowest BCUT2D eigenvalue weighted by atomic mass is 9.88. The molecule has 2 saturated heterocycles. The van der Waals surface area contributed by atoms with E-state index in [4.69, 9.17) is 0 Å². The number of carbonyl (C=O) groups excluding carboxylic acids is 2. The number of imide groups is 1. The van der Waals surface area contributed by atoms with Crippen molar-refractivity contribution >= 4 is 22.7 Å². The third-order valence-electron chi connectivity index (χ3n) is 7.02. The van der Waals surface area contributed by atoms with E-state index in [0.29, 0.717) is 12.6 Å². The molecule has 5 heteroatoms. The van der Waals surface area contributed by atoms with E-state index >= 15 is 0 Å². The van der Waals surface area contributed by atoms with Crippen molar-refractivity contribution in [2.75, 3.05) is 19.8 Å². The molecule has 1 atom stereocenters. The highest BCUT2D eigenvalue weighted by molar-refractivity contribution is 6.09. The van der Waals surface area contributed by atoms with Crippen LogP contribution in [0.3, 0.4) is 0 Å². The van der Waals surface area contributed by atoms with E-state index in [1.807, 2.05) is 49.4 Å². The molecule has 5 rings (SSSR count). The SMILES string of the molecule is C[C@@]1(c2cccc3ccccc23)NC(=O)N(CN2CCC(Cc3ccccc3)CC2)C1=O. The minimum Gasteiger partial charge on any atom is -0.319 e. The third kappa shape index (κ3) is 3.78. The Balaban J connectivity index is 1.27. The highest BCUT2D eigenvalue weighted by Gasteiger charge is 2.50. The van der Waals surface area contributed by atoms with Gasteiger partial charge in [0.1, 0.15) is 5.54 Å². The summed E-state index contributed by atoms with van der Waals surface area (Å²) >= 11 is 0. The number of benzene rings is 3. The summed E-state index contributed by atoms with van der Waals surface area (Å²) in [7, 11) is 0. The van der Waals surface area contributed by atoms with Crippen LogP contribution >= 0.6 is 0 Å². The minimum absolute atomic E-state index is 0.176. The van der Waals surface area contributed by atoms with Crippen molar-refractivity contribution in [3.05, 3.63) is 83.9 Å². The lowest BCUT2D eigenvalue weighted by Gasteiger charge is -2.34. The Morgan fingerprint density at radius 3 is 2.38 bits per heavy atom. The minimum atomic E-state index is -1.05. The van der Waals surface area contributed by atoms with Crippen molar-refractivity contribution in [1.82, 2.24) is 15.1 Å². The van der Waals surface area contributed by atoms with Gasteiger partial charge in [-0.25, -0.2) is 9.69 Å². The van der Waals surface area contributed by atoms with Crippen LogP contribution in [0.1, 0.15) is 30.9 Å². The summed E-state index contributed by atoms with van der Waals surface area (Å²) in [6, 6.07) is 24.2. The number of rotatable bonds is 5. The molecule has 2 aliphatic rings. The van der Waals surface area contributed by atoms with Crippen molar-refractivity contribution in [2.24, 2.45) is 5.92 Å². The summed E-state index contributed by atoms with van der Waals surface area (Å²) in [4.78, 5) is 30.0. The second-order valence-corrected chi connectivity index (χ2v) is 9.21. The summed E-state index contributed by atoms with van der Waals surface area (Å²) in [6.07, 6.45) is 3.26. The van der Waals surface area contributed by atoms with Gasteiger partial charge in [0.15, 0.2) is 0 Å². The molecule has 3 aromatic rings. The molecule has 164 valence electrons. The fourth-order valence-electron chi connectivity index (χ4n) is 5.15. The quantitative estimate of drug-likeness (QED) is 0.609. The van der Waals surface area contributed by atoms with Gasteiger partial charge in [-0.15, -0.1) is 0 Å². The second kappa shape index (κ2) is 8.40. The number of fused-ring (bicyclic) bond motifs is 1. The van der Waals surface area contributed by atoms with Gasteiger partial charge in [0.05, 0.1) is 6.67 Å². The third-order valence-corrected chi connectivity index (χ3v) is 7.02. The number of amides is 3. The zero-order valence-corrected chi connectivity index (χ0v) is 18.5. The molecule has 2 heterocycles. The number of nitrogens with one attached hydrogen (secondary N) is 1. The zero-order chi connectivity index (χ0) is 22.1. The fraction of sp³-hybridized carbons (Fsp3) is 0.333. The van der Waals surface area contributed by atoms with Gasteiger partial charge in [-0.05, 0) is 54.0 Å². The fourth-order valence-corrected chi connectivity index (χ4v) is 5.15. The maximum Gasteiger partial charge on any atom is 0.326 e. The van der Waals surface area contributed by atoms with Gasteiger partial charge in [0.25, 0.3) is 5.91 Å². The largest absolute Gasteiger partial charge is 0.326 e. The van der Waals surface area contributed by atoms with Gasteiger partial charge in [0.2, 0.25) is 0 Å². The summed E-state index contributed by atoms with van der Waals surface area (Å²) in [5.74, 6) is 0.475. The first-order chi connectivity index (χ1) is 15.5. The molecule has 0 aromatic heterocycles. The number of piperidine rings is 1. The van der Waals surface area contributed by atoms with Crippen LogP contribution in [0.15, 0.2) is 72.8 Å². The lowest BCUT2D eigenvalue weighted by molar-refractivity contribution is -0.132. The van der Waals surface area contributed by atoms with Crippen LogP contribution in [0.2, 0.25) is 0 Å². The first-order valence-electron chi connectivity index (χ1n) is 11.4. The lowest BCUT2D eigenvalue weighted by Crippen LogP contribution is -2.46. The molecule has 32 heavy (non-hydrogen) atoms. The summed E-state index contributed by atoms with van der Waals surface area (Å²) in [6.45, 7) is 3.98. The molecule has 0 saturated carbocycles. The van der Waals surface area contributed by atoms with Crippen LogP contribution in [0.4, 0.5) is 4.79 Å². The van der Waals surface area contributed by atoms with Crippen LogP contribution in [0.5, 0.6) is 0 Å². The molecule has 2 fully saturated rings. The Hall–Kier alpha value is -3.18. The van der Waals surface area contributed by atoms with E-state index in [9.17, 15) is 9.59 Å². The molecule has 0 unspecified atom stereocenters. The molecule has 3 aromatic carbocycles. The number of likely N-dealkylation sites (tertiary alicyclic amines) is 1. The van der Waals surface area contributed by atoms with Gasteiger partial charge in [-0.3, -0.25) is 9.69 Å². The van der Waals surface area contributed by atoms with Gasteiger partial charge >= 0.3 is 6.03 Å². The van der Waals surface area contributed by atoms with E-state index in [-0.39, 0.29) is 11.9 Å². The zero-order valence-electron chi connectivity index (χ0n) is 18.5. The Morgan fingerprint density at radius 2 is 1.59 bits per heavy atom. The van der Waals surface area contributed by atoms with Crippen molar-refractivity contribution < 1.29 is 9.59 Å². The molecule has 0 aliphatic carbocycles. The van der Waals surface area contributed by atoms with Crippen LogP contribution in [0.25, 0.3) is 10.8 Å². The van der Waals surface area contributed by atoms with Crippen molar-refractivity contribution in [3.63, 3.8) is 0 Å². The predicted molar refractivity (Wildman–Crippen MR) is 126 cm³/mol. The molecular formula is C27H29N3O2. The maximum atomic E-state index is 13.5. The predicted octanol–water partition coefficient (Wildman–Crippen LogP) is 4.52. The molecule has 5 nitrogen and oxygen atoms in total. The number of hydrogen-bond donors (Lipinski definition) is 1. The average molecular weight is 428 g/mol. The number of nitrogens with zero attached hydrogens (tertiary/aromatic N) is 2. The number of urea groups is 1. The summed E-state index contributed by atoms with van der Waals surface area (Å²) < 4.78 is 0. The molecular weight excluding hydrogens is 398 g/mol. The van der Waals surface area contributed by atoms with Crippen LogP contribution in [-0.4, -0.2) is 41.5 Å². The van der Waals surface area contributed by atoms with E-state index in [1.54, 1.807) is 0 Å². The Bertz CT molecular complexity index is 1130. The highest BCUT2D eigenvalue weighted by atomic mass is 16.2. The maximum absolute atomic E-state index is 13.5. The smallest absolute Gasteiger partial charge is 0.319 e. The molecule has 0 radical (unpaired) electrons. The molecule has 3 amide bonds. The first-order valence-corrected chi connectivity index (χ1v) is 11.4. The van der Waals surface area contributed by atoms with Gasteiger partial charge in [-0.1, -0.05) is 72.8 Å². The van der Waals surface area contributed by atoms with Crippen LogP contribution in [0, 0.1) is 5.92 Å². The molecule has 2 aliphatic heterocycles. The van der Waals surface area contributed by atoms with E-state index in [2.05, 4.69) is 40.5 Å². The van der Waals surface area contributed by atoms with E-state index < -0.39 is 5.54 Å². The van der Waals surface area contributed by atoms with Gasteiger partial charge < -0.3 is 5.32 Å². The summed E-state index contributed by atoms with van der Waals surface area (Å²) in [5.41, 5.74) is 1.17. The summed E-state index contributed by atoms with van der Waals surface area (Å²) in [5, 5.41) is 5.04. The highest BCUT2D eigenvalue weighted by Crippen LogP contribution is 2.34. The number of hydrogen-bond acceptors (Lipinski definition) is 3. The topological polar surface area (TPSA) is 52.7 Å². The van der Waals surface area contributed by atoms with Gasteiger partial charge in [-0.2, -0.15) is 0 Å². The molecule has 0 spiro atoms. The van der Waals surface area contributed by atoms with Crippen LogP contribution < -0.4 is 5.32 Å². The number of carbonyl (C=O) groups is 2.